The molecule has 1 aromatic carbocycles. The van der Waals surface area contributed by atoms with Gasteiger partial charge in [-0.1, -0.05) is 19.1 Å². The fourth-order valence-corrected chi connectivity index (χ4v) is 7.24. The van der Waals surface area contributed by atoms with E-state index in [-0.39, 0.29) is 34.9 Å². The first-order valence-electron chi connectivity index (χ1n) is 12.7. The molecule has 4 aliphatic rings. The monoisotopic (exact) mass is 465 g/mol. The highest BCUT2D eigenvalue weighted by Crippen LogP contribution is 2.62. The summed E-state index contributed by atoms with van der Waals surface area (Å²) >= 11 is 0. The van der Waals surface area contributed by atoms with Crippen LogP contribution in [-0.4, -0.2) is 42.8 Å². The first kappa shape index (κ1) is 22.2. The molecule has 3 heterocycles. The van der Waals surface area contributed by atoms with Crippen molar-refractivity contribution in [2.24, 2.45) is 23.2 Å². The second-order valence-corrected chi connectivity index (χ2v) is 11.2. The highest BCUT2D eigenvalue weighted by Gasteiger charge is 2.65. The number of carbonyl (C=O) groups is 1. The number of rotatable bonds is 7. The smallest absolute Gasteiger partial charge is 0.310 e. The van der Waals surface area contributed by atoms with E-state index in [2.05, 4.69) is 24.0 Å². The molecule has 6 atom stereocenters. The van der Waals surface area contributed by atoms with E-state index in [9.17, 15) is 4.79 Å². The molecule has 6 nitrogen and oxygen atoms in total. The van der Waals surface area contributed by atoms with Crippen molar-refractivity contribution in [3.63, 3.8) is 0 Å². The molecule has 2 aromatic rings. The Morgan fingerprint density at radius 2 is 1.97 bits per heavy atom. The third-order valence-electron chi connectivity index (χ3n) is 9.06. The molecule has 0 amide bonds. The lowest BCUT2D eigenvalue weighted by molar-refractivity contribution is -0.147. The van der Waals surface area contributed by atoms with Crippen molar-refractivity contribution < 1.29 is 23.4 Å². The molecule has 4 fully saturated rings. The molecule has 0 unspecified atom stereocenters. The van der Waals surface area contributed by atoms with E-state index in [0.717, 1.165) is 37.5 Å². The molecule has 0 N–H and O–H groups in total. The first-order chi connectivity index (χ1) is 16.5. The van der Waals surface area contributed by atoms with Crippen LogP contribution in [-0.2, 0) is 27.4 Å². The van der Waals surface area contributed by atoms with Crippen LogP contribution in [0.2, 0.25) is 0 Å². The van der Waals surface area contributed by atoms with Crippen molar-refractivity contribution in [3.05, 3.63) is 54.0 Å². The highest BCUT2D eigenvalue weighted by molar-refractivity contribution is 5.75. The van der Waals surface area contributed by atoms with Gasteiger partial charge in [0.05, 0.1) is 38.0 Å². The van der Waals surface area contributed by atoms with Gasteiger partial charge in [-0.15, -0.1) is 0 Å². The van der Waals surface area contributed by atoms with E-state index in [4.69, 9.17) is 18.6 Å². The SMILES string of the molecule is COc1ccc(CN(Cc2ccco2)C[C@H]2C(=O)O[C@@H]3C[C@@]4(C)CCC[C@@]5(CO5)[C@@H]4C[C@H]32)cc1. The number of epoxide rings is 1. The Bertz CT molecular complexity index is 1010. The molecule has 182 valence electrons. The second kappa shape index (κ2) is 8.42. The van der Waals surface area contributed by atoms with Gasteiger partial charge in [0.1, 0.15) is 17.6 Å². The molecular weight excluding hydrogens is 430 g/mol. The summed E-state index contributed by atoms with van der Waals surface area (Å²) in [7, 11) is 1.68. The van der Waals surface area contributed by atoms with Crippen molar-refractivity contribution in [3.8, 4) is 5.75 Å². The van der Waals surface area contributed by atoms with Crippen LogP contribution >= 0.6 is 0 Å². The van der Waals surface area contributed by atoms with Crippen LogP contribution in [0.25, 0.3) is 0 Å². The predicted octanol–water partition coefficient (Wildman–Crippen LogP) is 4.82. The van der Waals surface area contributed by atoms with Gasteiger partial charge in [0.2, 0.25) is 0 Å². The van der Waals surface area contributed by atoms with Crippen molar-refractivity contribution in [2.75, 3.05) is 20.3 Å². The van der Waals surface area contributed by atoms with E-state index >= 15 is 0 Å². The summed E-state index contributed by atoms with van der Waals surface area (Å²) in [5.41, 5.74) is 1.48. The highest BCUT2D eigenvalue weighted by atomic mass is 16.6. The first-order valence-corrected chi connectivity index (χ1v) is 12.7. The van der Waals surface area contributed by atoms with E-state index in [1.54, 1.807) is 13.4 Å². The lowest BCUT2D eigenvalue weighted by Crippen LogP contribution is -2.51. The molecule has 0 radical (unpaired) electrons. The zero-order chi connectivity index (χ0) is 23.3. The number of methoxy groups -OCH3 is 1. The van der Waals surface area contributed by atoms with Crippen LogP contribution in [0.1, 0.15) is 50.4 Å². The normalized spacial score (nSPS) is 36.3. The van der Waals surface area contributed by atoms with Crippen molar-refractivity contribution >= 4 is 5.97 Å². The molecule has 0 bridgehead atoms. The molecule has 6 heteroatoms. The standard InChI is InChI=1S/C28H35NO5/c1-27-10-4-11-28(18-33-28)25(27)13-22-23(26(30)34-24(22)14-27)17-29(16-21-5-3-12-32-21)15-19-6-8-20(31-2)9-7-19/h3,5-9,12,22-25H,4,10-11,13-18H2,1-2H3/t22-,23+,24+,25+,27+,28+/m0/s1. The van der Waals surface area contributed by atoms with Gasteiger partial charge in [0.25, 0.3) is 0 Å². The Hall–Kier alpha value is -2.31. The van der Waals surface area contributed by atoms with Crippen molar-refractivity contribution in [1.29, 1.82) is 0 Å². The summed E-state index contributed by atoms with van der Waals surface area (Å²) in [6, 6.07) is 12.1. The minimum absolute atomic E-state index is 0.0258. The number of nitrogens with zero attached hydrogens (tertiary/aromatic N) is 1. The van der Waals surface area contributed by atoms with E-state index in [1.165, 1.54) is 24.8 Å². The Labute approximate surface area is 201 Å². The van der Waals surface area contributed by atoms with Crippen molar-refractivity contribution in [2.45, 2.75) is 63.8 Å². The number of furan rings is 1. The maximum Gasteiger partial charge on any atom is 0.310 e. The second-order valence-electron chi connectivity index (χ2n) is 11.2. The molecule has 6 rings (SSSR count). The summed E-state index contributed by atoms with van der Waals surface area (Å²) < 4.78 is 23.1. The number of esters is 1. The molecule has 2 saturated carbocycles. The topological polar surface area (TPSA) is 64.4 Å². The minimum atomic E-state index is -0.111. The van der Waals surface area contributed by atoms with E-state index < -0.39 is 0 Å². The average molecular weight is 466 g/mol. The molecular formula is C28H35NO5. The summed E-state index contributed by atoms with van der Waals surface area (Å²) in [4.78, 5) is 15.5. The van der Waals surface area contributed by atoms with Gasteiger partial charge < -0.3 is 18.6 Å². The lowest BCUT2D eigenvalue weighted by Gasteiger charge is -2.51. The lowest BCUT2D eigenvalue weighted by atomic mass is 9.53. The molecule has 2 saturated heterocycles. The van der Waals surface area contributed by atoms with Crippen LogP contribution in [0, 0.1) is 23.2 Å². The van der Waals surface area contributed by atoms with Gasteiger partial charge in [-0.05, 0) is 73.3 Å². The summed E-state index contributed by atoms with van der Waals surface area (Å²) in [6.45, 7) is 5.37. The van der Waals surface area contributed by atoms with Gasteiger partial charge in [0, 0.05) is 19.0 Å². The Balaban J connectivity index is 1.22. The summed E-state index contributed by atoms with van der Waals surface area (Å²) in [6.07, 6.45) is 7.38. The molecule has 2 aliphatic heterocycles. The Morgan fingerprint density at radius 1 is 1.15 bits per heavy atom. The average Bonchev–Trinajstić information content (AvgIpc) is 3.27. The van der Waals surface area contributed by atoms with E-state index in [1.807, 2.05) is 24.3 Å². The number of carbonyl (C=O) groups excluding carboxylic acids is 1. The molecule has 34 heavy (non-hydrogen) atoms. The number of benzene rings is 1. The maximum absolute atomic E-state index is 13.2. The predicted molar refractivity (Wildman–Crippen MR) is 126 cm³/mol. The van der Waals surface area contributed by atoms with Crippen LogP contribution in [0.4, 0.5) is 0 Å². The Kier molecular flexibility index (Phi) is 5.49. The third kappa shape index (κ3) is 3.95. The number of hydrogen-bond acceptors (Lipinski definition) is 6. The van der Waals surface area contributed by atoms with Crippen LogP contribution in [0.5, 0.6) is 5.75 Å². The zero-order valence-corrected chi connectivity index (χ0v) is 20.2. The summed E-state index contributed by atoms with van der Waals surface area (Å²) in [5, 5.41) is 0. The van der Waals surface area contributed by atoms with Gasteiger partial charge in [0.15, 0.2) is 0 Å². The third-order valence-corrected chi connectivity index (χ3v) is 9.06. The molecule has 2 aliphatic carbocycles. The fourth-order valence-electron chi connectivity index (χ4n) is 7.24. The number of ether oxygens (including phenoxy) is 3. The van der Waals surface area contributed by atoms with Gasteiger partial charge in [-0.2, -0.15) is 0 Å². The zero-order valence-electron chi connectivity index (χ0n) is 20.2. The van der Waals surface area contributed by atoms with Gasteiger partial charge >= 0.3 is 5.97 Å². The Morgan fingerprint density at radius 3 is 2.68 bits per heavy atom. The fraction of sp³-hybridized carbons (Fsp3) is 0.607. The minimum Gasteiger partial charge on any atom is -0.497 e. The molecule has 1 aromatic heterocycles. The van der Waals surface area contributed by atoms with Crippen molar-refractivity contribution in [1.82, 2.24) is 4.90 Å². The van der Waals surface area contributed by atoms with Crippen LogP contribution < -0.4 is 4.74 Å². The number of fused-ring (bicyclic) bond motifs is 3. The quantitative estimate of drug-likeness (QED) is 0.432. The van der Waals surface area contributed by atoms with Gasteiger partial charge in [-0.25, -0.2) is 0 Å². The van der Waals surface area contributed by atoms with Crippen LogP contribution in [0.15, 0.2) is 47.1 Å². The largest absolute Gasteiger partial charge is 0.497 e. The maximum atomic E-state index is 13.2. The van der Waals surface area contributed by atoms with E-state index in [0.29, 0.717) is 19.0 Å². The number of hydrogen-bond donors (Lipinski definition) is 0. The summed E-state index contributed by atoms with van der Waals surface area (Å²) in [5.74, 6) is 2.41. The van der Waals surface area contributed by atoms with Gasteiger partial charge in [-0.3, -0.25) is 9.69 Å². The van der Waals surface area contributed by atoms with Crippen LogP contribution in [0.3, 0.4) is 0 Å². The molecule has 1 spiro atoms.